The molecule has 1 aromatic heterocycles. The average Bonchev–Trinajstić information content (AvgIpc) is 3.53. The molecule has 55 heavy (non-hydrogen) atoms. The Hall–Kier alpha value is -5.75. The number of halogens is 3. The Labute approximate surface area is 318 Å². The smallest absolute Gasteiger partial charge is 0.475 e. The second-order valence-electron chi connectivity index (χ2n) is 12.2. The Morgan fingerprint density at radius 1 is 0.982 bits per heavy atom. The zero-order chi connectivity index (χ0) is 40.3. The van der Waals surface area contributed by atoms with E-state index in [1.165, 1.54) is 0 Å². The van der Waals surface area contributed by atoms with Crippen LogP contribution in [-0.4, -0.2) is 73.4 Å². The fourth-order valence-electron chi connectivity index (χ4n) is 5.44. The van der Waals surface area contributed by atoms with Gasteiger partial charge in [-0.2, -0.15) is 13.2 Å². The summed E-state index contributed by atoms with van der Waals surface area (Å²) in [4.78, 5) is 52.0. The number of alkyl halides is 3. The molecule has 0 unspecified atom stereocenters. The van der Waals surface area contributed by atoms with Crippen LogP contribution >= 0.6 is 11.3 Å². The number of anilines is 1. The molecule has 6 N–H and O–H groups in total. The Morgan fingerprint density at radius 3 is 2.18 bits per heavy atom. The minimum Gasteiger partial charge on any atom is -0.475 e. The number of fused-ring (bicyclic) bond motifs is 1. The summed E-state index contributed by atoms with van der Waals surface area (Å²) in [6, 6.07) is 22.8. The lowest BCUT2D eigenvalue weighted by Crippen LogP contribution is -2.50. The Balaban J connectivity index is 0.000000876. The summed E-state index contributed by atoms with van der Waals surface area (Å²) in [5, 5.41) is 17.6. The van der Waals surface area contributed by atoms with Crippen LogP contribution in [0.1, 0.15) is 49.3 Å². The van der Waals surface area contributed by atoms with Crippen molar-refractivity contribution in [1.29, 1.82) is 5.41 Å². The van der Waals surface area contributed by atoms with E-state index in [0.717, 1.165) is 20.9 Å². The maximum atomic E-state index is 14.0. The van der Waals surface area contributed by atoms with E-state index in [2.05, 4.69) is 10.0 Å². The van der Waals surface area contributed by atoms with E-state index >= 15 is 0 Å². The number of thiophene rings is 1. The molecule has 2 heterocycles. The van der Waals surface area contributed by atoms with Crippen LogP contribution in [0.3, 0.4) is 0 Å². The number of amidine groups is 1. The van der Waals surface area contributed by atoms with E-state index < -0.39 is 34.1 Å². The van der Waals surface area contributed by atoms with Crippen molar-refractivity contribution in [2.24, 2.45) is 5.73 Å². The number of ether oxygens (including phenoxy) is 1. The fraction of sp³-hybridized carbons (Fsp3) is 0.270. The zero-order valence-electron chi connectivity index (χ0n) is 29.4. The van der Waals surface area contributed by atoms with Gasteiger partial charge in [0.05, 0.1) is 18.8 Å². The number of carboxylic acid groups (broad SMARTS) is 1. The summed E-state index contributed by atoms with van der Waals surface area (Å²) in [7, 11) is -3.65. The highest BCUT2D eigenvalue weighted by Gasteiger charge is 2.38. The van der Waals surface area contributed by atoms with Crippen LogP contribution in [0.15, 0.2) is 84.9 Å². The first kappa shape index (κ1) is 42.0. The van der Waals surface area contributed by atoms with Crippen LogP contribution in [0.25, 0.3) is 0 Å². The lowest BCUT2D eigenvalue weighted by molar-refractivity contribution is -0.192. The van der Waals surface area contributed by atoms with Gasteiger partial charge in [0, 0.05) is 46.1 Å². The summed E-state index contributed by atoms with van der Waals surface area (Å²) in [5.74, 6) is -4.06. The highest BCUT2D eigenvalue weighted by Crippen LogP contribution is 2.29. The maximum Gasteiger partial charge on any atom is 0.490 e. The molecule has 0 radical (unpaired) electrons. The molecular weight excluding hydrogens is 764 g/mol. The molecule has 5 rings (SSSR count). The van der Waals surface area contributed by atoms with Gasteiger partial charge in [-0.1, -0.05) is 54.6 Å². The topological polar surface area (TPSA) is 209 Å². The average molecular weight is 802 g/mol. The van der Waals surface area contributed by atoms with Crippen molar-refractivity contribution in [1.82, 2.24) is 10.2 Å². The second-order valence-corrected chi connectivity index (χ2v) is 15.2. The van der Waals surface area contributed by atoms with Crippen molar-refractivity contribution < 1.29 is 50.6 Å². The minimum absolute atomic E-state index is 0.121. The van der Waals surface area contributed by atoms with Gasteiger partial charge in [0.15, 0.2) is 0 Å². The predicted octanol–water partition coefficient (Wildman–Crippen LogP) is 4.64. The van der Waals surface area contributed by atoms with Gasteiger partial charge in [-0.05, 0) is 60.4 Å². The minimum atomic E-state index is -5.08. The third-order valence-electron chi connectivity index (χ3n) is 8.02. The number of nitrogens with two attached hydrogens (primary N) is 1. The lowest BCUT2D eigenvalue weighted by atomic mass is 10.0. The number of rotatable bonds is 13. The number of hydrogen-bond donors (Lipinski definition) is 5. The Kier molecular flexibility index (Phi) is 14.1. The lowest BCUT2D eigenvalue weighted by Gasteiger charge is -2.31. The van der Waals surface area contributed by atoms with E-state index in [9.17, 15) is 36.0 Å². The molecule has 0 fully saturated rings. The van der Waals surface area contributed by atoms with Crippen LogP contribution in [0, 0.1) is 5.41 Å². The number of nitrogen functional groups attached to an aromatic ring is 1. The van der Waals surface area contributed by atoms with Crippen molar-refractivity contribution in [3.63, 3.8) is 0 Å². The van der Waals surface area contributed by atoms with Gasteiger partial charge in [0.25, 0.3) is 5.91 Å². The van der Waals surface area contributed by atoms with Crippen LogP contribution in [0.2, 0.25) is 0 Å². The molecule has 0 saturated carbocycles. The van der Waals surface area contributed by atoms with Crippen molar-refractivity contribution >= 4 is 56.6 Å². The van der Waals surface area contributed by atoms with Crippen molar-refractivity contribution in [2.75, 3.05) is 17.9 Å². The first-order valence-corrected chi connectivity index (χ1v) is 19.1. The van der Waals surface area contributed by atoms with E-state index in [-0.39, 0.29) is 36.3 Å². The number of carbonyl (C=O) groups is 4. The van der Waals surface area contributed by atoms with E-state index in [4.69, 9.17) is 25.8 Å². The first-order chi connectivity index (χ1) is 25.9. The number of carbonyl (C=O) groups excluding carboxylic acids is 3. The van der Waals surface area contributed by atoms with Gasteiger partial charge >= 0.3 is 18.1 Å². The van der Waals surface area contributed by atoms with Gasteiger partial charge in [0.1, 0.15) is 11.9 Å². The number of esters is 1. The number of amides is 2. The Bertz CT molecular complexity index is 2110. The molecule has 18 heteroatoms. The standard InChI is InChI=1S/C35H37N5O6S2.C2HF3O2/c1-2-46-32(41)20-29-19-27-21-40(17-16-31(27)47-29)35(43)30(38-34(42)26-12-10-25(11-13-26)33(36)37)18-23-8-14-28(15-9-23)39-48(44,45)22-24-6-4-3-5-7-24;3-2(4,5)1(6)7/h3-15,19,30,39H,2,16-18,20-22H2,1H3,(H3,36,37)(H,38,42);(H,6,7)/t30-;/m0./s1. The zero-order valence-corrected chi connectivity index (χ0v) is 31.0. The third-order valence-corrected chi connectivity index (χ3v) is 10.5. The molecule has 0 spiro atoms. The van der Waals surface area contributed by atoms with Gasteiger partial charge in [0.2, 0.25) is 15.9 Å². The highest BCUT2D eigenvalue weighted by molar-refractivity contribution is 7.91. The van der Waals surface area contributed by atoms with Crippen LogP contribution < -0.4 is 15.8 Å². The summed E-state index contributed by atoms with van der Waals surface area (Å²) in [6.45, 7) is 2.87. The van der Waals surface area contributed by atoms with Gasteiger partial charge in [-0.3, -0.25) is 24.5 Å². The number of carboxylic acids is 1. The van der Waals surface area contributed by atoms with Crippen LogP contribution in [0.5, 0.6) is 0 Å². The first-order valence-electron chi connectivity index (χ1n) is 16.7. The molecule has 0 bridgehead atoms. The molecule has 4 aromatic rings. The SMILES string of the molecule is CCOC(=O)Cc1cc2c(s1)CCN(C(=O)[C@H](Cc1ccc(NS(=O)(=O)Cc3ccccc3)cc1)NC(=O)c1ccc(C(=N)N)cc1)C2.O=C(O)C(F)(F)F. The summed E-state index contributed by atoms with van der Waals surface area (Å²) < 4.78 is 64.9. The molecular formula is C37H38F3N5O8S2. The van der Waals surface area contributed by atoms with Crippen molar-refractivity contribution in [3.8, 4) is 0 Å². The number of nitrogens with zero attached hydrogens (tertiary/aromatic N) is 1. The number of nitrogens with one attached hydrogen (secondary N) is 3. The quantitative estimate of drug-likeness (QED) is 0.0724. The monoisotopic (exact) mass is 801 g/mol. The molecule has 0 saturated heterocycles. The second kappa shape index (κ2) is 18.5. The molecule has 2 amide bonds. The molecule has 3 aromatic carbocycles. The molecule has 13 nitrogen and oxygen atoms in total. The van der Waals surface area contributed by atoms with E-state index in [1.807, 2.05) is 12.1 Å². The number of sulfonamides is 1. The van der Waals surface area contributed by atoms with Crippen molar-refractivity contribution in [2.45, 2.75) is 50.7 Å². The number of hydrogen-bond acceptors (Lipinski definition) is 9. The highest BCUT2D eigenvalue weighted by atomic mass is 32.2. The predicted molar refractivity (Wildman–Crippen MR) is 199 cm³/mol. The van der Waals surface area contributed by atoms with Gasteiger partial charge in [-0.25, -0.2) is 13.2 Å². The van der Waals surface area contributed by atoms with E-state index in [1.54, 1.807) is 96.0 Å². The molecule has 0 aliphatic carbocycles. The molecule has 1 atom stereocenters. The summed E-state index contributed by atoms with van der Waals surface area (Å²) in [6.07, 6.45) is -4.12. The normalized spacial score (nSPS) is 13.0. The van der Waals surface area contributed by atoms with Crippen molar-refractivity contribution in [3.05, 3.63) is 123 Å². The van der Waals surface area contributed by atoms with E-state index in [0.29, 0.717) is 48.5 Å². The van der Waals surface area contributed by atoms with Gasteiger partial charge < -0.3 is 25.8 Å². The maximum absolute atomic E-state index is 14.0. The summed E-state index contributed by atoms with van der Waals surface area (Å²) in [5.41, 5.74) is 9.07. The number of benzene rings is 3. The van der Waals surface area contributed by atoms with Gasteiger partial charge in [-0.15, -0.1) is 11.3 Å². The third kappa shape index (κ3) is 12.7. The van der Waals surface area contributed by atoms with Crippen LogP contribution in [-0.2, 0) is 60.7 Å². The fourth-order valence-corrected chi connectivity index (χ4v) is 7.80. The molecule has 292 valence electrons. The molecule has 1 aliphatic heterocycles. The Morgan fingerprint density at radius 2 is 1.60 bits per heavy atom. The largest absolute Gasteiger partial charge is 0.490 e. The summed E-state index contributed by atoms with van der Waals surface area (Å²) >= 11 is 1.55. The number of aliphatic carboxylic acids is 1. The molecule has 1 aliphatic rings. The van der Waals surface area contributed by atoms with Crippen LogP contribution in [0.4, 0.5) is 18.9 Å².